The normalized spacial score (nSPS) is 10.2. The molecule has 1 heterocycles. The zero-order valence-electron chi connectivity index (χ0n) is 10.3. The summed E-state index contributed by atoms with van der Waals surface area (Å²) in [5.74, 6) is -0.773. The summed E-state index contributed by atoms with van der Waals surface area (Å²) in [5.41, 5.74) is 12.3. The van der Waals surface area contributed by atoms with Crippen molar-refractivity contribution in [2.75, 3.05) is 11.1 Å². The Hall–Kier alpha value is -2.63. The molecule has 2 rings (SSSR count). The van der Waals surface area contributed by atoms with Crippen molar-refractivity contribution in [2.45, 2.75) is 6.92 Å². The Kier molecular flexibility index (Phi) is 3.33. The van der Waals surface area contributed by atoms with Crippen molar-refractivity contribution < 1.29 is 9.18 Å². The van der Waals surface area contributed by atoms with Gasteiger partial charge in [0.1, 0.15) is 11.6 Å². The van der Waals surface area contributed by atoms with Crippen molar-refractivity contribution in [3.05, 3.63) is 47.4 Å². The number of halogens is 1. The van der Waals surface area contributed by atoms with Gasteiger partial charge in [-0.25, -0.2) is 9.37 Å². The number of carbonyl (C=O) groups is 1. The molecule has 0 atom stereocenters. The molecule has 5 N–H and O–H groups in total. The van der Waals surface area contributed by atoms with Crippen molar-refractivity contribution in [1.82, 2.24) is 4.98 Å². The number of carbonyl (C=O) groups excluding carboxylic acids is 1. The van der Waals surface area contributed by atoms with Crippen LogP contribution in [0.3, 0.4) is 0 Å². The van der Waals surface area contributed by atoms with Crippen LogP contribution in [0.15, 0.2) is 30.5 Å². The molecule has 98 valence electrons. The molecule has 1 aromatic heterocycles. The summed E-state index contributed by atoms with van der Waals surface area (Å²) in [5, 5.41) is 2.79. The van der Waals surface area contributed by atoms with Gasteiger partial charge in [0.05, 0.1) is 23.1 Å². The molecule has 19 heavy (non-hydrogen) atoms. The number of nitrogens with zero attached hydrogens (tertiary/aromatic N) is 1. The zero-order chi connectivity index (χ0) is 14.0. The van der Waals surface area contributed by atoms with Crippen molar-refractivity contribution in [3.63, 3.8) is 0 Å². The Labute approximate surface area is 109 Å². The number of rotatable bonds is 3. The van der Waals surface area contributed by atoms with Crippen molar-refractivity contribution in [2.24, 2.45) is 5.73 Å². The van der Waals surface area contributed by atoms with Crippen LogP contribution in [0.2, 0.25) is 0 Å². The maximum Gasteiger partial charge on any atom is 0.250 e. The van der Waals surface area contributed by atoms with Crippen LogP contribution in [-0.4, -0.2) is 10.9 Å². The third-order valence-electron chi connectivity index (χ3n) is 2.58. The minimum Gasteiger partial charge on any atom is -0.397 e. The first-order valence-corrected chi connectivity index (χ1v) is 5.56. The second kappa shape index (κ2) is 4.93. The predicted octanol–water partition coefficient (Wildman–Crippen LogP) is 1.95. The van der Waals surface area contributed by atoms with Crippen LogP contribution in [0.4, 0.5) is 21.6 Å². The van der Waals surface area contributed by atoms with Gasteiger partial charge in [0, 0.05) is 0 Å². The van der Waals surface area contributed by atoms with Gasteiger partial charge in [0.25, 0.3) is 5.91 Å². The van der Waals surface area contributed by atoms with Crippen LogP contribution < -0.4 is 16.8 Å². The van der Waals surface area contributed by atoms with Gasteiger partial charge in [-0.1, -0.05) is 6.07 Å². The maximum atomic E-state index is 13.6. The fourth-order valence-corrected chi connectivity index (χ4v) is 1.62. The SMILES string of the molecule is Cc1ccc(F)c(Nc2cc(C(N)=O)c(N)cn2)c1. The number of anilines is 3. The van der Waals surface area contributed by atoms with E-state index in [2.05, 4.69) is 10.3 Å². The molecule has 1 amide bonds. The summed E-state index contributed by atoms with van der Waals surface area (Å²) < 4.78 is 13.6. The molecule has 6 heteroatoms. The highest BCUT2D eigenvalue weighted by Gasteiger charge is 2.09. The molecule has 0 spiro atoms. The molecule has 0 saturated carbocycles. The van der Waals surface area contributed by atoms with Gasteiger partial charge in [0.2, 0.25) is 0 Å². The van der Waals surface area contributed by atoms with E-state index < -0.39 is 11.7 Å². The molecule has 0 aliphatic carbocycles. The third-order valence-corrected chi connectivity index (χ3v) is 2.58. The standard InChI is InChI=1S/C13H13FN4O/c1-7-2-3-9(14)11(4-7)18-12-5-8(13(16)19)10(15)6-17-12/h2-6H,15H2,1H3,(H2,16,19)(H,17,18). The minimum atomic E-state index is -0.660. The van der Waals surface area contributed by atoms with E-state index in [1.807, 2.05) is 6.92 Å². The first-order chi connectivity index (χ1) is 8.97. The minimum absolute atomic E-state index is 0.144. The fourth-order valence-electron chi connectivity index (χ4n) is 1.62. The summed E-state index contributed by atoms with van der Waals surface area (Å²) in [6.45, 7) is 1.84. The van der Waals surface area contributed by atoms with Crippen LogP contribution in [0.1, 0.15) is 15.9 Å². The molecule has 1 aromatic carbocycles. The molecule has 0 saturated heterocycles. The van der Waals surface area contributed by atoms with Crippen LogP contribution in [0.5, 0.6) is 0 Å². The summed E-state index contributed by atoms with van der Waals surface area (Å²) in [6.07, 6.45) is 1.30. The van der Waals surface area contributed by atoms with Gasteiger partial charge in [-0.3, -0.25) is 4.79 Å². The molecule has 0 aliphatic rings. The largest absolute Gasteiger partial charge is 0.397 e. The number of nitrogens with one attached hydrogen (secondary N) is 1. The number of nitrogens with two attached hydrogens (primary N) is 2. The van der Waals surface area contributed by atoms with Gasteiger partial charge >= 0.3 is 0 Å². The first-order valence-electron chi connectivity index (χ1n) is 5.56. The maximum absolute atomic E-state index is 13.6. The van der Waals surface area contributed by atoms with Gasteiger partial charge in [-0.15, -0.1) is 0 Å². The van der Waals surface area contributed by atoms with Crippen LogP contribution in [0.25, 0.3) is 0 Å². The number of hydrogen-bond donors (Lipinski definition) is 3. The highest BCUT2D eigenvalue weighted by molar-refractivity contribution is 5.98. The van der Waals surface area contributed by atoms with Gasteiger partial charge in [-0.05, 0) is 30.7 Å². The second-order valence-electron chi connectivity index (χ2n) is 4.13. The van der Waals surface area contributed by atoms with E-state index in [0.29, 0.717) is 5.82 Å². The Bertz CT molecular complexity index is 643. The lowest BCUT2D eigenvalue weighted by molar-refractivity contribution is 0.100. The van der Waals surface area contributed by atoms with E-state index in [4.69, 9.17) is 11.5 Å². The Balaban J connectivity index is 2.36. The van der Waals surface area contributed by atoms with Crippen molar-refractivity contribution in [3.8, 4) is 0 Å². The van der Waals surface area contributed by atoms with E-state index in [-0.39, 0.29) is 16.9 Å². The quantitative estimate of drug-likeness (QED) is 0.786. The summed E-state index contributed by atoms with van der Waals surface area (Å²) in [6, 6.07) is 6.03. The molecule has 0 fully saturated rings. The Morgan fingerprint density at radius 1 is 1.37 bits per heavy atom. The average Bonchev–Trinajstić information content (AvgIpc) is 2.36. The lowest BCUT2D eigenvalue weighted by Gasteiger charge is -2.09. The molecule has 2 aromatic rings. The van der Waals surface area contributed by atoms with E-state index in [1.165, 1.54) is 18.3 Å². The number of aryl methyl sites for hydroxylation is 1. The Morgan fingerprint density at radius 2 is 2.11 bits per heavy atom. The number of benzene rings is 1. The number of amides is 1. The predicted molar refractivity (Wildman–Crippen MR) is 71.6 cm³/mol. The Morgan fingerprint density at radius 3 is 2.79 bits per heavy atom. The van der Waals surface area contributed by atoms with Gasteiger partial charge in [0.15, 0.2) is 0 Å². The van der Waals surface area contributed by atoms with E-state index in [0.717, 1.165) is 5.56 Å². The van der Waals surface area contributed by atoms with Crippen molar-refractivity contribution >= 4 is 23.1 Å². The highest BCUT2D eigenvalue weighted by Crippen LogP contribution is 2.22. The fraction of sp³-hybridized carbons (Fsp3) is 0.0769. The summed E-state index contributed by atoms with van der Waals surface area (Å²) in [4.78, 5) is 15.1. The highest BCUT2D eigenvalue weighted by atomic mass is 19.1. The molecule has 0 radical (unpaired) electrons. The first kappa shape index (κ1) is 12.8. The van der Waals surface area contributed by atoms with E-state index in [9.17, 15) is 9.18 Å². The van der Waals surface area contributed by atoms with Crippen LogP contribution in [0, 0.1) is 12.7 Å². The molecular weight excluding hydrogens is 247 g/mol. The number of primary amides is 1. The lowest BCUT2D eigenvalue weighted by Crippen LogP contribution is -2.14. The zero-order valence-corrected chi connectivity index (χ0v) is 10.3. The van der Waals surface area contributed by atoms with Gasteiger partial charge < -0.3 is 16.8 Å². The molecule has 0 unspecified atom stereocenters. The topological polar surface area (TPSA) is 94.0 Å². The van der Waals surface area contributed by atoms with Gasteiger partial charge in [-0.2, -0.15) is 0 Å². The number of pyridine rings is 1. The average molecular weight is 260 g/mol. The third kappa shape index (κ3) is 2.79. The number of hydrogen-bond acceptors (Lipinski definition) is 4. The summed E-state index contributed by atoms with van der Waals surface area (Å²) >= 11 is 0. The van der Waals surface area contributed by atoms with E-state index in [1.54, 1.807) is 12.1 Å². The summed E-state index contributed by atoms with van der Waals surface area (Å²) in [7, 11) is 0. The molecule has 0 bridgehead atoms. The lowest BCUT2D eigenvalue weighted by atomic mass is 10.2. The van der Waals surface area contributed by atoms with Crippen LogP contribution in [-0.2, 0) is 0 Å². The monoisotopic (exact) mass is 260 g/mol. The van der Waals surface area contributed by atoms with E-state index >= 15 is 0 Å². The smallest absolute Gasteiger partial charge is 0.250 e. The number of aromatic nitrogens is 1. The van der Waals surface area contributed by atoms with Crippen LogP contribution >= 0.6 is 0 Å². The molecule has 0 aliphatic heterocycles. The van der Waals surface area contributed by atoms with Crippen molar-refractivity contribution in [1.29, 1.82) is 0 Å². The second-order valence-corrected chi connectivity index (χ2v) is 4.13. The number of nitrogen functional groups attached to an aromatic ring is 1. The molecular formula is C13H13FN4O. The molecule has 5 nitrogen and oxygen atoms in total.